The summed E-state index contributed by atoms with van der Waals surface area (Å²) in [6.45, 7) is 6.73. The number of carbonyl (C=O) groups excluding carboxylic acids is 1. The van der Waals surface area contributed by atoms with Gasteiger partial charge in [0, 0.05) is 41.1 Å². The third-order valence-electron chi connectivity index (χ3n) is 7.81. The molecule has 3 aromatic heterocycles. The van der Waals surface area contributed by atoms with E-state index in [1.54, 1.807) is 6.20 Å². The number of hydrogen-bond acceptors (Lipinski definition) is 7. The Hall–Kier alpha value is -4.78. The summed E-state index contributed by atoms with van der Waals surface area (Å²) in [5.74, 6) is 1.23. The lowest BCUT2D eigenvalue weighted by Gasteiger charge is -2.14. The minimum absolute atomic E-state index is 0.115. The lowest BCUT2D eigenvalue weighted by molar-refractivity contribution is -0.146. The Morgan fingerprint density at radius 2 is 1.55 bits per heavy atom. The van der Waals surface area contributed by atoms with Crippen molar-refractivity contribution >= 4 is 5.97 Å². The summed E-state index contributed by atoms with van der Waals surface area (Å²) in [6, 6.07) is 26.4. The first kappa shape index (κ1) is 27.4. The van der Waals surface area contributed by atoms with Crippen LogP contribution in [0.25, 0.3) is 33.7 Å². The standard InChI is InChI=1S/C35H33N3O4/c1-4-40-32-18-15-27(22-36-32)31-8-6-7-29(37-31)21-30-23(3)38-42-33(30)26-11-9-24(10-12-26)25-13-16-28(17-14-25)35(19-20-35)34(39)41-5-2/h6-18,22H,4-5,19-21H2,1-3H3. The van der Waals surface area contributed by atoms with Gasteiger partial charge in [0.05, 0.1) is 30.0 Å². The van der Waals surface area contributed by atoms with Crippen LogP contribution in [0.2, 0.25) is 0 Å². The minimum Gasteiger partial charge on any atom is -0.478 e. The molecule has 1 saturated carbocycles. The van der Waals surface area contributed by atoms with Crippen LogP contribution in [0.1, 0.15) is 49.2 Å². The Balaban J connectivity index is 1.19. The van der Waals surface area contributed by atoms with Gasteiger partial charge in [-0.05, 0) is 68.5 Å². The van der Waals surface area contributed by atoms with Crippen molar-refractivity contribution in [2.24, 2.45) is 0 Å². The number of pyridine rings is 2. The molecule has 42 heavy (non-hydrogen) atoms. The zero-order chi connectivity index (χ0) is 29.1. The van der Waals surface area contributed by atoms with E-state index in [0.29, 0.717) is 25.5 Å². The molecule has 7 heteroatoms. The van der Waals surface area contributed by atoms with Gasteiger partial charge in [-0.2, -0.15) is 0 Å². The number of aryl methyl sites for hydroxylation is 1. The molecule has 6 rings (SSSR count). The molecule has 0 saturated heterocycles. The van der Waals surface area contributed by atoms with E-state index in [2.05, 4.69) is 58.7 Å². The summed E-state index contributed by atoms with van der Waals surface area (Å²) < 4.78 is 16.6. The molecule has 0 bridgehead atoms. The first-order valence-corrected chi connectivity index (χ1v) is 14.4. The number of carbonyl (C=O) groups is 1. The first-order chi connectivity index (χ1) is 20.5. The highest BCUT2D eigenvalue weighted by Gasteiger charge is 2.52. The molecule has 0 N–H and O–H groups in total. The van der Waals surface area contributed by atoms with Crippen molar-refractivity contribution in [3.8, 4) is 39.6 Å². The lowest BCUT2D eigenvalue weighted by atomic mass is 9.93. The van der Waals surface area contributed by atoms with Gasteiger partial charge < -0.3 is 14.0 Å². The molecule has 5 aromatic rings. The van der Waals surface area contributed by atoms with E-state index >= 15 is 0 Å². The van der Waals surface area contributed by atoms with Gasteiger partial charge in [0.15, 0.2) is 5.76 Å². The monoisotopic (exact) mass is 559 g/mol. The van der Waals surface area contributed by atoms with Crippen LogP contribution >= 0.6 is 0 Å². The average Bonchev–Trinajstić information content (AvgIpc) is 3.77. The molecule has 1 aliphatic rings. The van der Waals surface area contributed by atoms with Crippen LogP contribution in [-0.2, 0) is 21.4 Å². The van der Waals surface area contributed by atoms with Gasteiger partial charge in [0.25, 0.3) is 0 Å². The molecule has 0 spiro atoms. The van der Waals surface area contributed by atoms with Crippen LogP contribution in [0.3, 0.4) is 0 Å². The number of hydrogen-bond donors (Lipinski definition) is 0. The molecule has 0 atom stereocenters. The zero-order valence-corrected chi connectivity index (χ0v) is 24.1. The summed E-state index contributed by atoms with van der Waals surface area (Å²) in [5.41, 5.74) is 8.25. The first-order valence-electron chi connectivity index (χ1n) is 14.4. The van der Waals surface area contributed by atoms with Crippen LogP contribution in [-0.4, -0.2) is 34.3 Å². The molecule has 2 aromatic carbocycles. The van der Waals surface area contributed by atoms with Crippen molar-refractivity contribution in [2.45, 2.75) is 45.4 Å². The van der Waals surface area contributed by atoms with Gasteiger partial charge >= 0.3 is 5.97 Å². The second kappa shape index (κ2) is 11.6. The Bertz CT molecular complexity index is 1690. The van der Waals surface area contributed by atoms with Crippen LogP contribution in [0, 0.1) is 6.92 Å². The molecule has 1 fully saturated rings. The van der Waals surface area contributed by atoms with Crippen molar-refractivity contribution < 1.29 is 18.8 Å². The van der Waals surface area contributed by atoms with Gasteiger partial charge in [0.2, 0.25) is 5.88 Å². The molecule has 0 unspecified atom stereocenters. The predicted molar refractivity (Wildman–Crippen MR) is 161 cm³/mol. The highest BCUT2D eigenvalue weighted by atomic mass is 16.5. The molecule has 0 aliphatic heterocycles. The van der Waals surface area contributed by atoms with Gasteiger partial charge in [-0.15, -0.1) is 0 Å². The van der Waals surface area contributed by atoms with E-state index < -0.39 is 5.41 Å². The fraction of sp³-hybridized carbons (Fsp3) is 0.257. The highest BCUT2D eigenvalue weighted by Crippen LogP contribution is 2.49. The topological polar surface area (TPSA) is 87.3 Å². The van der Waals surface area contributed by atoms with Crippen molar-refractivity contribution in [3.63, 3.8) is 0 Å². The predicted octanol–water partition coefficient (Wildman–Crippen LogP) is 7.36. The summed E-state index contributed by atoms with van der Waals surface area (Å²) in [6.07, 6.45) is 4.07. The van der Waals surface area contributed by atoms with Gasteiger partial charge in [-0.3, -0.25) is 9.78 Å². The molecular formula is C35H33N3O4. The number of ether oxygens (including phenoxy) is 2. The van der Waals surface area contributed by atoms with Crippen molar-refractivity contribution in [1.29, 1.82) is 0 Å². The Morgan fingerprint density at radius 1 is 0.857 bits per heavy atom. The Morgan fingerprint density at radius 3 is 2.19 bits per heavy atom. The molecule has 0 amide bonds. The van der Waals surface area contributed by atoms with E-state index in [1.165, 1.54) is 0 Å². The fourth-order valence-corrected chi connectivity index (χ4v) is 5.31. The van der Waals surface area contributed by atoms with Gasteiger partial charge in [-0.1, -0.05) is 59.8 Å². The summed E-state index contributed by atoms with van der Waals surface area (Å²) in [7, 11) is 0. The van der Waals surface area contributed by atoms with E-state index in [1.807, 2.05) is 51.1 Å². The van der Waals surface area contributed by atoms with Gasteiger partial charge in [0.1, 0.15) is 0 Å². The quantitative estimate of drug-likeness (QED) is 0.165. The molecule has 3 heterocycles. The van der Waals surface area contributed by atoms with E-state index in [9.17, 15) is 4.79 Å². The van der Waals surface area contributed by atoms with E-state index in [4.69, 9.17) is 19.0 Å². The molecule has 212 valence electrons. The lowest BCUT2D eigenvalue weighted by Crippen LogP contribution is -2.23. The summed E-state index contributed by atoms with van der Waals surface area (Å²) >= 11 is 0. The SMILES string of the molecule is CCOC(=O)C1(c2ccc(-c3ccc(-c4onc(C)c4Cc4cccc(-c5ccc(OCC)nc5)n4)cc3)cc2)CC1. The van der Waals surface area contributed by atoms with Crippen molar-refractivity contribution in [1.82, 2.24) is 15.1 Å². The minimum atomic E-state index is -0.460. The van der Waals surface area contributed by atoms with Crippen LogP contribution < -0.4 is 4.74 Å². The number of aromatic nitrogens is 3. The number of rotatable bonds is 10. The summed E-state index contributed by atoms with van der Waals surface area (Å²) in [4.78, 5) is 21.7. The second-order valence-corrected chi connectivity index (χ2v) is 10.5. The van der Waals surface area contributed by atoms with Crippen molar-refractivity contribution in [3.05, 3.63) is 108 Å². The van der Waals surface area contributed by atoms with Gasteiger partial charge in [-0.25, -0.2) is 4.98 Å². The third kappa shape index (κ3) is 5.42. The third-order valence-corrected chi connectivity index (χ3v) is 7.81. The number of esters is 1. The Kier molecular flexibility index (Phi) is 7.57. The Labute approximate surface area is 245 Å². The number of benzene rings is 2. The summed E-state index contributed by atoms with van der Waals surface area (Å²) in [5, 5.41) is 4.28. The molecular weight excluding hydrogens is 526 g/mol. The second-order valence-electron chi connectivity index (χ2n) is 10.5. The molecule has 7 nitrogen and oxygen atoms in total. The maximum Gasteiger partial charge on any atom is 0.316 e. The maximum atomic E-state index is 12.5. The zero-order valence-electron chi connectivity index (χ0n) is 24.1. The van der Waals surface area contributed by atoms with E-state index in [0.717, 1.165) is 69.1 Å². The molecule has 1 aliphatic carbocycles. The average molecular weight is 560 g/mol. The molecule has 0 radical (unpaired) electrons. The smallest absolute Gasteiger partial charge is 0.316 e. The number of nitrogens with zero attached hydrogens (tertiary/aromatic N) is 3. The fourth-order valence-electron chi connectivity index (χ4n) is 5.31. The maximum absolute atomic E-state index is 12.5. The van der Waals surface area contributed by atoms with Crippen molar-refractivity contribution in [2.75, 3.05) is 13.2 Å². The van der Waals surface area contributed by atoms with Crippen LogP contribution in [0.4, 0.5) is 0 Å². The normalized spacial score (nSPS) is 13.5. The largest absolute Gasteiger partial charge is 0.478 e. The van der Waals surface area contributed by atoms with Crippen LogP contribution in [0.5, 0.6) is 5.88 Å². The van der Waals surface area contributed by atoms with E-state index in [-0.39, 0.29) is 5.97 Å². The van der Waals surface area contributed by atoms with Crippen LogP contribution in [0.15, 0.2) is 89.6 Å². The highest BCUT2D eigenvalue weighted by molar-refractivity contribution is 5.87.